The van der Waals surface area contributed by atoms with Crippen molar-refractivity contribution in [1.82, 2.24) is 9.97 Å². The Morgan fingerprint density at radius 2 is 2.11 bits per heavy atom. The fourth-order valence-electron chi connectivity index (χ4n) is 1.90. The maximum absolute atomic E-state index is 11.1. The van der Waals surface area contributed by atoms with Gasteiger partial charge in [0.05, 0.1) is 6.54 Å². The number of anilines is 2. The van der Waals surface area contributed by atoms with Crippen molar-refractivity contribution in [2.24, 2.45) is 5.73 Å². The second kappa shape index (κ2) is 4.80. The molecule has 1 aromatic heterocycles. The van der Waals surface area contributed by atoms with Crippen molar-refractivity contribution in [3.05, 3.63) is 11.4 Å². The zero-order chi connectivity index (χ0) is 13.3. The molecule has 2 rings (SSSR count). The van der Waals surface area contributed by atoms with Crippen LogP contribution in [0, 0.1) is 6.92 Å². The molecule has 1 amide bonds. The topological polar surface area (TPSA) is 98.1 Å². The van der Waals surface area contributed by atoms with Crippen molar-refractivity contribution < 1.29 is 4.79 Å². The van der Waals surface area contributed by atoms with Gasteiger partial charge in [-0.25, -0.2) is 9.97 Å². The summed E-state index contributed by atoms with van der Waals surface area (Å²) in [4.78, 5) is 21.8. The lowest BCUT2D eigenvalue weighted by molar-refractivity contribution is -0.116. The summed E-state index contributed by atoms with van der Waals surface area (Å²) in [5, 5.41) is 0. The van der Waals surface area contributed by atoms with Crippen LogP contribution in [0.5, 0.6) is 0 Å². The van der Waals surface area contributed by atoms with Gasteiger partial charge in [0.2, 0.25) is 5.91 Å². The third kappa shape index (κ3) is 2.52. The Bertz CT molecular complexity index is 470. The predicted octanol–water partition coefficient (Wildman–Crippen LogP) is 0.556. The number of hydrogen-bond donors (Lipinski definition) is 2. The molecular formula is C12H19N5O. The molecule has 0 aliphatic heterocycles. The molecule has 0 spiro atoms. The standard InChI is InChI=1S/C12H19N5O/c1-3-17(6-9(13)18)12-7(2)10(14)15-11(16-12)8-4-5-8/h8H,3-6H2,1-2H3,(H2,13,18)(H2,14,15,16). The lowest BCUT2D eigenvalue weighted by Gasteiger charge is -2.23. The second-order valence-electron chi connectivity index (χ2n) is 4.67. The van der Waals surface area contributed by atoms with Crippen LogP contribution in [0.2, 0.25) is 0 Å². The molecule has 6 nitrogen and oxygen atoms in total. The molecule has 1 heterocycles. The summed E-state index contributed by atoms with van der Waals surface area (Å²) >= 11 is 0. The average molecular weight is 249 g/mol. The molecule has 1 aliphatic rings. The number of nitrogen functional groups attached to an aromatic ring is 1. The molecule has 4 N–H and O–H groups in total. The van der Waals surface area contributed by atoms with Crippen LogP contribution in [0.15, 0.2) is 0 Å². The van der Waals surface area contributed by atoms with Gasteiger partial charge in [-0.3, -0.25) is 4.79 Å². The number of rotatable bonds is 5. The molecule has 0 unspecified atom stereocenters. The van der Waals surface area contributed by atoms with Crippen LogP contribution < -0.4 is 16.4 Å². The molecule has 98 valence electrons. The molecule has 1 aromatic rings. The predicted molar refractivity (Wildman–Crippen MR) is 70.2 cm³/mol. The Hall–Kier alpha value is -1.85. The maximum Gasteiger partial charge on any atom is 0.236 e. The molecule has 1 saturated carbocycles. The number of hydrogen-bond acceptors (Lipinski definition) is 5. The minimum absolute atomic E-state index is 0.151. The highest BCUT2D eigenvalue weighted by Crippen LogP contribution is 2.39. The van der Waals surface area contributed by atoms with Gasteiger partial charge >= 0.3 is 0 Å². The summed E-state index contributed by atoms with van der Waals surface area (Å²) in [6.07, 6.45) is 2.23. The molecule has 0 atom stereocenters. The second-order valence-corrected chi connectivity index (χ2v) is 4.67. The van der Waals surface area contributed by atoms with Gasteiger partial charge in [-0.05, 0) is 26.7 Å². The van der Waals surface area contributed by atoms with E-state index < -0.39 is 0 Å². The normalized spacial score (nSPS) is 14.6. The number of primary amides is 1. The molecule has 6 heteroatoms. The monoisotopic (exact) mass is 249 g/mol. The third-order valence-corrected chi connectivity index (χ3v) is 3.15. The number of amides is 1. The van der Waals surface area contributed by atoms with Gasteiger partial charge in [0.15, 0.2) is 0 Å². The quantitative estimate of drug-likeness (QED) is 0.794. The molecule has 0 saturated heterocycles. The summed E-state index contributed by atoms with van der Waals surface area (Å²) in [7, 11) is 0. The number of aromatic nitrogens is 2. The molecule has 0 radical (unpaired) electrons. The highest BCUT2D eigenvalue weighted by Gasteiger charge is 2.28. The molecular weight excluding hydrogens is 230 g/mol. The van der Waals surface area contributed by atoms with Gasteiger partial charge in [0.1, 0.15) is 17.5 Å². The molecule has 18 heavy (non-hydrogen) atoms. The summed E-state index contributed by atoms with van der Waals surface area (Å²) in [6, 6.07) is 0. The van der Waals surface area contributed by atoms with E-state index in [2.05, 4.69) is 9.97 Å². The first kappa shape index (κ1) is 12.6. The van der Waals surface area contributed by atoms with E-state index >= 15 is 0 Å². The van der Waals surface area contributed by atoms with E-state index in [1.807, 2.05) is 18.7 Å². The van der Waals surface area contributed by atoms with Gasteiger partial charge in [0, 0.05) is 18.0 Å². The smallest absolute Gasteiger partial charge is 0.236 e. The molecule has 1 aliphatic carbocycles. The van der Waals surface area contributed by atoms with Gasteiger partial charge in [0.25, 0.3) is 0 Å². The van der Waals surface area contributed by atoms with E-state index in [9.17, 15) is 4.79 Å². The number of nitrogens with zero attached hydrogens (tertiary/aromatic N) is 3. The molecule has 0 aromatic carbocycles. The van der Waals surface area contributed by atoms with Gasteiger partial charge in [-0.15, -0.1) is 0 Å². The van der Waals surface area contributed by atoms with E-state index in [0.717, 1.165) is 30.0 Å². The number of carbonyl (C=O) groups excluding carboxylic acids is 1. The SMILES string of the molecule is CCN(CC(N)=O)c1nc(C2CC2)nc(N)c1C. The van der Waals surface area contributed by atoms with Gasteiger partial charge in [-0.1, -0.05) is 0 Å². The van der Waals surface area contributed by atoms with E-state index in [4.69, 9.17) is 11.5 Å². The van der Waals surface area contributed by atoms with Crippen LogP contribution in [-0.2, 0) is 4.79 Å². The van der Waals surface area contributed by atoms with Crippen LogP contribution in [0.3, 0.4) is 0 Å². The lowest BCUT2D eigenvalue weighted by atomic mass is 10.2. The van der Waals surface area contributed by atoms with E-state index in [1.54, 1.807) is 0 Å². The van der Waals surface area contributed by atoms with Crippen molar-refractivity contribution in [2.75, 3.05) is 23.7 Å². The fraction of sp³-hybridized carbons (Fsp3) is 0.583. The van der Waals surface area contributed by atoms with Crippen LogP contribution in [0.4, 0.5) is 11.6 Å². The van der Waals surface area contributed by atoms with E-state index in [1.165, 1.54) is 0 Å². The molecule has 0 bridgehead atoms. The Morgan fingerprint density at radius 3 is 2.61 bits per heavy atom. The highest BCUT2D eigenvalue weighted by molar-refractivity contribution is 5.79. The lowest BCUT2D eigenvalue weighted by Crippen LogP contribution is -2.35. The number of likely N-dealkylation sites (N-methyl/N-ethyl adjacent to an activating group) is 1. The first-order valence-electron chi connectivity index (χ1n) is 6.20. The Balaban J connectivity index is 2.37. The summed E-state index contributed by atoms with van der Waals surface area (Å²) < 4.78 is 0. The molecule has 1 fully saturated rings. The number of carbonyl (C=O) groups is 1. The highest BCUT2D eigenvalue weighted by atomic mass is 16.1. The van der Waals surface area contributed by atoms with Crippen molar-refractivity contribution in [1.29, 1.82) is 0 Å². The first-order chi connectivity index (χ1) is 8.52. The van der Waals surface area contributed by atoms with Gasteiger partial charge in [-0.2, -0.15) is 0 Å². The minimum Gasteiger partial charge on any atom is -0.383 e. The van der Waals surface area contributed by atoms with Crippen LogP contribution in [0.25, 0.3) is 0 Å². The maximum atomic E-state index is 11.1. The van der Waals surface area contributed by atoms with Crippen LogP contribution in [-0.4, -0.2) is 29.0 Å². The van der Waals surface area contributed by atoms with Crippen molar-refractivity contribution in [2.45, 2.75) is 32.6 Å². The van der Waals surface area contributed by atoms with Crippen molar-refractivity contribution in [3.63, 3.8) is 0 Å². The summed E-state index contributed by atoms with van der Waals surface area (Å²) in [5.74, 6) is 2.06. The Morgan fingerprint density at radius 1 is 1.44 bits per heavy atom. The van der Waals surface area contributed by atoms with Crippen molar-refractivity contribution in [3.8, 4) is 0 Å². The zero-order valence-electron chi connectivity index (χ0n) is 10.8. The van der Waals surface area contributed by atoms with Crippen LogP contribution >= 0.6 is 0 Å². The van der Waals surface area contributed by atoms with Gasteiger partial charge < -0.3 is 16.4 Å². The van der Waals surface area contributed by atoms with E-state index in [-0.39, 0.29) is 12.5 Å². The van der Waals surface area contributed by atoms with Crippen molar-refractivity contribution >= 4 is 17.5 Å². The Labute approximate surface area is 106 Å². The first-order valence-corrected chi connectivity index (χ1v) is 6.20. The minimum atomic E-state index is -0.374. The average Bonchev–Trinajstić information content (AvgIpc) is 3.13. The third-order valence-electron chi connectivity index (χ3n) is 3.15. The van der Waals surface area contributed by atoms with Crippen LogP contribution in [0.1, 0.15) is 37.1 Å². The van der Waals surface area contributed by atoms with E-state index in [0.29, 0.717) is 18.3 Å². The largest absolute Gasteiger partial charge is 0.383 e. The Kier molecular flexibility index (Phi) is 3.36. The number of nitrogens with two attached hydrogens (primary N) is 2. The fourth-order valence-corrected chi connectivity index (χ4v) is 1.90. The zero-order valence-corrected chi connectivity index (χ0v) is 10.8. The summed E-state index contributed by atoms with van der Waals surface area (Å²) in [6.45, 7) is 4.63. The summed E-state index contributed by atoms with van der Waals surface area (Å²) in [5.41, 5.74) is 12.0.